The number of hydrogen-bond donors (Lipinski definition) is 1. The van der Waals surface area contributed by atoms with Crippen molar-refractivity contribution in [3.8, 4) is 11.5 Å². The molecule has 0 spiro atoms. The molecule has 0 saturated carbocycles. The summed E-state index contributed by atoms with van der Waals surface area (Å²) >= 11 is 1.35. The molecule has 0 unspecified atom stereocenters. The van der Waals surface area contributed by atoms with E-state index in [0.29, 0.717) is 16.5 Å². The van der Waals surface area contributed by atoms with Gasteiger partial charge < -0.3 is 9.84 Å². The van der Waals surface area contributed by atoms with E-state index in [4.69, 9.17) is 4.74 Å². The van der Waals surface area contributed by atoms with E-state index in [1.165, 1.54) is 41.8 Å². The third-order valence-electron chi connectivity index (χ3n) is 3.61. The van der Waals surface area contributed by atoms with Gasteiger partial charge in [0.2, 0.25) is 0 Å². The Labute approximate surface area is 143 Å². The summed E-state index contributed by atoms with van der Waals surface area (Å²) in [7, 11) is 0. The van der Waals surface area contributed by atoms with E-state index in [0.717, 1.165) is 10.2 Å². The van der Waals surface area contributed by atoms with Gasteiger partial charge in [-0.1, -0.05) is 11.3 Å². The first-order valence-electron chi connectivity index (χ1n) is 7.08. The lowest BCUT2D eigenvalue weighted by molar-refractivity contribution is -0.384. The molecule has 2 heterocycles. The van der Waals surface area contributed by atoms with Gasteiger partial charge in [-0.25, -0.2) is 9.78 Å². The van der Waals surface area contributed by atoms with Crippen molar-refractivity contribution in [2.75, 3.05) is 0 Å². The van der Waals surface area contributed by atoms with E-state index in [1.54, 1.807) is 22.6 Å². The summed E-state index contributed by atoms with van der Waals surface area (Å²) in [5.74, 6) is -0.0290. The maximum atomic E-state index is 11.3. The number of carboxylic acids is 1. The molecular formula is C16H9N3O5S. The van der Waals surface area contributed by atoms with E-state index in [1.807, 2.05) is 0 Å². The average Bonchev–Trinajstić information content (AvgIpc) is 3.13. The van der Waals surface area contributed by atoms with Gasteiger partial charge in [0.15, 0.2) is 10.7 Å². The fourth-order valence-corrected chi connectivity index (χ4v) is 3.51. The van der Waals surface area contributed by atoms with Gasteiger partial charge in [-0.2, -0.15) is 0 Å². The van der Waals surface area contributed by atoms with Gasteiger partial charge in [0.05, 0.1) is 21.3 Å². The summed E-state index contributed by atoms with van der Waals surface area (Å²) in [4.78, 5) is 26.2. The fourth-order valence-electron chi connectivity index (χ4n) is 2.49. The molecule has 0 amide bonds. The van der Waals surface area contributed by atoms with Crippen molar-refractivity contribution in [1.82, 2.24) is 9.38 Å². The van der Waals surface area contributed by atoms with Gasteiger partial charge in [-0.05, 0) is 24.3 Å². The maximum Gasteiger partial charge on any atom is 0.354 e. The average molecular weight is 355 g/mol. The minimum atomic E-state index is -1.04. The second kappa shape index (κ2) is 5.56. The Balaban J connectivity index is 1.70. The van der Waals surface area contributed by atoms with Crippen molar-refractivity contribution in [3.05, 3.63) is 64.5 Å². The van der Waals surface area contributed by atoms with Crippen LogP contribution in [0.3, 0.4) is 0 Å². The van der Waals surface area contributed by atoms with E-state index in [-0.39, 0.29) is 11.4 Å². The summed E-state index contributed by atoms with van der Waals surface area (Å²) in [6.07, 6.45) is 1.33. The summed E-state index contributed by atoms with van der Waals surface area (Å²) in [5.41, 5.74) is 0.819. The minimum absolute atomic E-state index is 0.0107. The minimum Gasteiger partial charge on any atom is -0.477 e. The normalized spacial score (nSPS) is 11.0. The number of non-ortho nitro benzene ring substituents is 1. The largest absolute Gasteiger partial charge is 0.477 e. The fraction of sp³-hybridized carbons (Fsp3) is 0. The molecule has 25 heavy (non-hydrogen) atoms. The first kappa shape index (κ1) is 15.1. The quantitative estimate of drug-likeness (QED) is 0.439. The van der Waals surface area contributed by atoms with E-state index in [2.05, 4.69) is 4.98 Å². The Morgan fingerprint density at radius 3 is 2.60 bits per heavy atom. The lowest BCUT2D eigenvalue weighted by Gasteiger charge is -2.05. The number of aromatic nitrogens is 2. The number of carboxylic acid groups (broad SMARTS) is 1. The third kappa shape index (κ3) is 2.56. The Bertz CT molecular complexity index is 1130. The second-order valence-electron chi connectivity index (χ2n) is 5.15. The smallest absolute Gasteiger partial charge is 0.354 e. The summed E-state index contributed by atoms with van der Waals surface area (Å²) in [6, 6.07) is 11.0. The van der Waals surface area contributed by atoms with Gasteiger partial charge in [0, 0.05) is 18.2 Å². The number of rotatable bonds is 4. The molecule has 0 aliphatic rings. The van der Waals surface area contributed by atoms with Crippen LogP contribution >= 0.6 is 11.3 Å². The Morgan fingerprint density at radius 1 is 1.20 bits per heavy atom. The highest BCUT2D eigenvalue weighted by atomic mass is 32.1. The van der Waals surface area contributed by atoms with Gasteiger partial charge >= 0.3 is 5.97 Å². The summed E-state index contributed by atoms with van der Waals surface area (Å²) in [5, 5.41) is 19.9. The zero-order valence-corrected chi connectivity index (χ0v) is 13.3. The molecule has 2 aromatic heterocycles. The lowest BCUT2D eigenvalue weighted by Crippen LogP contribution is -2.00. The number of thiazole rings is 1. The van der Waals surface area contributed by atoms with Crippen molar-refractivity contribution >= 4 is 38.2 Å². The number of imidazole rings is 1. The third-order valence-corrected chi connectivity index (χ3v) is 4.62. The van der Waals surface area contributed by atoms with E-state index in [9.17, 15) is 20.0 Å². The number of aromatic carboxylic acids is 1. The van der Waals surface area contributed by atoms with Crippen LogP contribution in [0.5, 0.6) is 11.5 Å². The van der Waals surface area contributed by atoms with Crippen LogP contribution in [-0.4, -0.2) is 25.4 Å². The van der Waals surface area contributed by atoms with Crippen molar-refractivity contribution in [2.45, 2.75) is 0 Å². The molecule has 9 heteroatoms. The molecule has 0 bridgehead atoms. The van der Waals surface area contributed by atoms with Crippen molar-refractivity contribution in [3.63, 3.8) is 0 Å². The molecule has 0 atom stereocenters. The summed E-state index contributed by atoms with van der Waals surface area (Å²) in [6.45, 7) is 0. The molecule has 4 rings (SSSR count). The second-order valence-corrected chi connectivity index (χ2v) is 6.16. The van der Waals surface area contributed by atoms with Crippen LogP contribution in [0.4, 0.5) is 5.69 Å². The predicted octanol–water partition coefficient (Wildman–Crippen LogP) is 3.95. The first-order chi connectivity index (χ1) is 12.0. The molecule has 8 nitrogen and oxygen atoms in total. The highest BCUT2D eigenvalue weighted by Gasteiger charge is 2.16. The first-order valence-corrected chi connectivity index (χ1v) is 7.90. The number of carbonyl (C=O) groups is 1. The number of benzene rings is 2. The number of hydrogen-bond acceptors (Lipinski definition) is 6. The van der Waals surface area contributed by atoms with Crippen LogP contribution in [0.2, 0.25) is 0 Å². The number of fused-ring (bicyclic) bond motifs is 3. The highest BCUT2D eigenvalue weighted by molar-refractivity contribution is 7.23. The van der Waals surface area contributed by atoms with Gasteiger partial charge in [-0.15, -0.1) is 0 Å². The molecule has 0 aliphatic carbocycles. The molecule has 0 fully saturated rings. The monoisotopic (exact) mass is 355 g/mol. The number of nitro groups is 1. The highest BCUT2D eigenvalue weighted by Crippen LogP contribution is 2.32. The molecule has 124 valence electrons. The van der Waals surface area contributed by atoms with Crippen LogP contribution in [-0.2, 0) is 0 Å². The Morgan fingerprint density at radius 2 is 1.92 bits per heavy atom. The Hall–Kier alpha value is -3.46. The van der Waals surface area contributed by atoms with Crippen molar-refractivity contribution < 1.29 is 19.6 Å². The molecule has 1 N–H and O–H groups in total. The van der Waals surface area contributed by atoms with Crippen molar-refractivity contribution in [1.29, 1.82) is 0 Å². The van der Waals surface area contributed by atoms with Crippen LogP contribution < -0.4 is 4.74 Å². The van der Waals surface area contributed by atoms with Gasteiger partial charge in [0.1, 0.15) is 11.5 Å². The zero-order valence-electron chi connectivity index (χ0n) is 12.4. The van der Waals surface area contributed by atoms with Crippen LogP contribution in [0, 0.1) is 10.1 Å². The van der Waals surface area contributed by atoms with Crippen LogP contribution in [0.25, 0.3) is 15.2 Å². The summed E-state index contributed by atoms with van der Waals surface area (Å²) < 4.78 is 8.11. The Kier molecular flexibility index (Phi) is 3.36. The number of nitro benzene ring substituents is 1. The van der Waals surface area contributed by atoms with Gasteiger partial charge in [0.25, 0.3) is 5.69 Å². The predicted molar refractivity (Wildman–Crippen MR) is 90.7 cm³/mol. The van der Waals surface area contributed by atoms with E-state index < -0.39 is 10.9 Å². The van der Waals surface area contributed by atoms with E-state index >= 15 is 0 Å². The van der Waals surface area contributed by atoms with Crippen LogP contribution in [0.1, 0.15) is 10.5 Å². The molecule has 2 aromatic carbocycles. The number of ether oxygens (including phenoxy) is 1. The molecule has 4 aromatic rings. The van der Waals surface area contributed by atoms with Gasteiger partial charge in [-0.3, -0.25) is 14.5 Å². The maximum absolute atomic E-state index is 11.3. The molecule has 0 saturated heterocycles. The zero-order chi connectivity index (χ0) is 17.6. The SMILES string of the molecule is O=C(O)c1cnc2sc3cc(Oc4ccc([N+](=O)[O-])cc4)ccc3n12. The standard InChI is InChI=1S/C16H9N3O5S/c20-15(21)13-8-17-16-18(13)12-6-5-11(7-14(12)25-16)24-10-3-1-9(2-4-10)19(22)23/h1-8H,(H,20,21). The number of nitrogens with zero attached hydrogens (tertiary/aromatic N) is 3. The van der Waals surface area contributed by atoms with Crippen LogP contribution in [0.15, 0.2) is 48.7 Å². The topological polar surface area (TPSA) is 107 Å². The lowest BCUT2D eigenvalue weighted by atomic mass is 10.3. The molecule has 0 aliphatic heterocycles. The molecule has 0 radical (unpaired) electrons. The van der Waals surface area contributed by atoms with Crippen molar-refractivity contribution in [2.24, 2.45) is 0 Å². The molecular weight excluding hydrogens is 346 g/mol.